The van der Waals surface area contributed by atoms with E-state index in [1.165, 1.54) is 38.5 Å². The SMILES string of the molecule is O=C(Nc1nc2c(s1)-c1cccc3cccc-2c13)C1CCN(S(=O)(=O)c2ccc(Cl)cc2)CC1. The molecule has 0 atom stereocenters. The number of piperidine rings is 1. The number of aromatic nitrogens is 1. The predicted molar refractivity (Wildman–Crippen MR) is 136 cm³/mol. The van der Waals surface area contributed by atoms with Crippen molar-refractivity contribution in [2.45, 2.75) is 17.7 Å². The Labute approximate surface area is 206 Å². The molecule has 1 fully saturated rings. The summed E-state index contributed by atoms with van der Waals surface area (Å²) in [6, 6.07) is 18.6. The van der Waals surface area contributed by atoms with Crippen LogP contribution < -0.4 is 5.32 Å². The summed E-state index contributed by atoms with van der Waals surface area (Å²) >= 11 is 7.37. The number of hydrogen-bond donors (Lipinski definition) is 1. The van der Waals surface area contributed by atoms with Gasteiger partial charge in [-0.3, -0.25) is 4.79 Å². The van der Waals surface area contributed by atoms with E-state index in [2.05, 4.69) is 29.6 Å². The quantitative estimate of drug-likeness (QED) is 0.340. The van der Waals surface area contributed by atoms with Crippen LogP contribution in [0.15, 0.2) is 65.6 Å². The molecule has 2 heterocycles. The van der Waals surface area contributed by atoms with Crippen LogP contribution in [0.3, 0.4) is 0 Å². The van der Waals surface area contributed by atoms with E-state index in [0.717, 1.165) is 21.7 Å². The molecule has 0 spiro atoms. The van der Waals surface area contributed by atoms with E-state index < -0.39 is 10.0 Å². The first-order valence-electron chi connectivity index (χ1n) is 11.0. The molecule has 1 saturated heterocycles. The predicted octanol–water partition coefficient (Wildman–Crippen LogP) is 5.64. The molecule has 0 radical (unpaired) electrons. The Morgan fingerprint density at radius 2 is 1.68 bits per heavy atom. The number of nitrogens with one attached hydrogen (secondary N) is 1. The summed E-state index contributed by atoms with van der Waals surface area (Å²) in [6.07, 6.45) is 0.928. The first-order chi connectivity index (χ1) is 16.4. The van der Waals surface area contributed by atoms with Crippen molar-refractivity contribution in [1.29, 1.82) is 0 Å². The number of carbonyl (C=O) groups excluding carboxylic acids is 1. The third kappa shape index (κ3) is 3.53. The highest BCUT2D eigenvalue weighted by Crippen LogP contribution is 2.50. The number of anilines is 1. The number of hydrogen-bond acceptors (Lipinski definition) is 5. The van der Waals surface area contributed by atoms with Gasteiger partial charge >= 0.3 is 0 Å². The minimum absolute atomic E-state index is 0.109. The van der Waals surface area contributed by atoms with Crippen LogP contribution in [0.25, 0.3) is 32.5 Å². The third-order valence-corrected chi connectivity index (χ3v) is 9.71. The number of rotatable bonds is 4. The number of benzene rings is 3. The van der Waals surface area contributed by atoms with Crippen LogP contribution in [-0.4, -0.2) is 36.7 Å². The Morgan fingerprint density at radius 3 is 2.38 bits per heavy atom. The number of amides is 1. The zero-order valence-electron chi connectivity index (χ0n) is 18.0. The van der Waals surface area contributed by atoms with Gasteiger partial charge in [0.25, 0.3) is 0 Å². The van der Waals surface area contributed by atoms with Crippen molar-refractivity contribution in [2.75, 3.05) is 18.4 Å². The van der Waals surface area contributed by atoms with Crippen molar-refractivity contribution in [1.82, 2.24) is 9.29 Å². The first kappa shape index (κ1) is 21.7. The van der Waals surface area contributed by atoms with Crippen molar-refractivity contribution in [3.63, 3.8) is 0 Å². The number of fused-ring (bicyclic) bond motifs is 3. The van der Waals surface area contributed by atoms with Gasteiger partial charge in [-0.25, -0.2) is 13.4 Å². The van der Waals surface area contributed by atoms with Gasteiger partial charge in [0.05, 0.1) is 15.5 Å². The van der Waals surface area contributed by atoms with Gasteiger partial charge in [0.1, 0.15) is 0 Å². The number of sulfonamides is 1. The van der Waals surface area contributed by atoms with Crippen molar-refractivity contribution in [3.8, 4) is 21.7 Å². The molecule has 1 aliphatic carbocycles. The lowest BCUT2D eigenvalue weighted by Gasteiger charge is -2.30. The molecule has 6 rings (SSSR count). The zero-order valence-corrected chi connectivity index (χ0v) is 20.4. The molecule has 3 aromatic carbocycles. The number of nitrogens with zero attached hydrogens (tertiary/aromatic N) is 2. The second-order valence-corrected chi connectivity index (χ2v) is 11.9. The van der Waals surface area contributed by atoms with Gasteiger partial charge in [0.2, 0.25) is 15.9 Å². The molecule has 9 heteroatoms. The van der Waals surface area contributed by atoms with E-state index in [1.807, 2.05) is 12.1 Å². The fraction of sp³-hybridized carbons (Fsp3) is 0.200. The van der Waals surface area contributed by atoms with E-state index in [9.17, 15) is 13.2 Å². The van der Waals surface area contributed by atoms with Crippen LogP contribution in [0, 0.1) is 5.92 Å². The van der Waals surface area contributed by atoms with E-state index >= 15 is 0 Å². The molecule has 1 aromatic heterocycles. The van der Waals surface area contributed by atoms with Gasteiger partial charge in [-0.2, -0.15) is 4.31 Å². The highest BCUT2D eigenvalue weighted by Gasteiger charge is 2.33. The summed E-state index contributed by atoms with van der Waals surface area (Å²) in [5.41, 5.74) is 3.17. The van der Waals surface area contributed by atoms with Crippen molar-refractivity contribution in [2.24, 2.45) is 5.92 Å². The maximum absolute atomic E-state index is 13.0. The number of halogens is 1. The summed E-state index contributed by atoms with van der Waals surface area (Å²) in [5.74, 6) is -0.367. The van der Waals surface area contributed by atoms with Crippen molar-refractivity contribution < 1.29 is 13.2 Å². The van der Waals surface area contributed by atoms with Crippen molar-refractivity contribution >= 4 is 54.8 Å². The largest absolute Gasteiger partial charge is 0.302 e. The van der Waals surface area contributed by atoms with E-state index in [0.29, 0.717) is 36.1 Å². The van der Waals surface area contributed by atoms with E-state index in [4.69, 9.17) is 16.6 Å². The minimum atomic E-state index is -3.60. The highest BCUT2D eigenvalue weighted by molar-refractivity contribution is 7.89. The van der Waals surface area contributed by atoms with Crippen LogP contribution in [0.5, 0.6) is 0 Å². The van der Waals surface area contributed by atoms with Gasteiger partial charge in [0, 0.05) is 35.2 Å². The molecule has 1 aliphatic heterocycles. The molecule has 0 saturated carbocycles. The minimum Gasteiger partial charge on any atom is -0.302 e. The molecular formula is C25H20ClN3O3S2. The average molecular weight is 510 g/mol. The third-order valence-electron chi connectivity index (χ3n) is 6.54. The van der Waals surface area contributed by atoms with Gasteiger partial charge in [-0.1, -0.05) is 59.3 Å². The summed E-state index contributed by atoms with van der Waals surface area (Å²) in [4.78, 5) is 19.0. The smallest absolute Gasteiger partial charge is 0.243 e. The topological polar surface area (TPSA) is 79.4 Å². The van der Waals surface area contributed by atoms with Crippen LogP contribution in [0.2, 0.25) is 5.02 Å². The molecule has 172 valence electrons. The standard InChI is InChI=1S/C25H20ClN3O3S2/c26-17-7-9-18(10-8-17)34(31,32)29-13-11-16(12-14-29)24(30)28-25-27-22-19-5-1-3-15-4-2-6-20(21(15)19)23(22)33-25/h1-10,16H,11-14H2,(H,27,28,30). The van der Waals surface area contributed by atoms with Gasteiger partial charge < -0.3 is 5.32 Å². The monoisotopic (exact) mass is 509 g/mol. The maximum atomic E-state index is 13.0. The molecule has 2 aliphatic rings. The number of thiazole rings is 1. The Kier molecular flexibility index (Phi) is 5.22. The Hall–Kier alpha value is -2.78. The molecule has 0 bridgehead atoms. The lowest BCUT2D eigenvalue weighted by molar-refractivity contribution is -0.120. The normalized spacial score (nSPS) is 16.0. The second-order valence-electron chi connectivity index (χ2n) is 8.53. The molecule has 1 amide bonds. The number of carbonyl (C=O) groups is 1. The average Bonchev–Trinajstić information content (AvgIpc) is 3.39. The van der Waals surface area contributed by atoms with Gasteiger partial charge in [-0.05, 0) is 47.9 Å². The lowest BCUT2D eigenvalue weighted by Crippen LogP contribution is -2.41. The fourth-order valence-electron chi connectivity index (χ4n) is 4.79. The van der Waals surface area contributed by atoms with E-state index in [1.54, 1.807) is 12.1 Å². The van der Waals surface area contributed by atoms with Crippen LogP contribution in [-0.2, 0) is 14.8 Å². The van der Waals surface area contributed by atoms with Crippen LogP contribution >= 0.6 is 22.9 Å². The van der Waals surface area contributed by atoms with Crippen LogP contribution in [0.4, 0.5) is 5.13 Å². The first-order valence-corrected chi connectivity index (χ1v) is 13.7. The maximum Gasteiger partial charge on any atom is 0.243 e. The van der Waals surface area contributed by atoms with Crippen molar-refractivity contribution in [3.05, 3.63) is 65.7 Å². The van der Waals surface area contributed by atoms with Gasteiger partial charge in [0.15, 0.2) is 5.13 Å². The molecule has 34 heavy (non-hydrogen) atoms. The summed E-state index contributed by atoms with van der Waals surface area (Å²) < 4.78 is 27.2. The Morgan fingerprint density at radius 1 is 1.00 bits per heavy atom. The molecule has 1 N–H and O–H groups in total. The van der Waals surface area contributed by atoms with Gasteiger partial charge in [-0.15, -0.1) is 0 Å². The fourth-order valence-corrected chi connectivity index (χ4v) is 7.40. The lowest BCUT2D eigenvalue weighted by atomic mass is 9.97. The molecule has 4 aromatic rings. The van der Waals surface area contributed by atoms with E-state index in [-0.39, 0.29) is 16.7 Å². The molecular weight excluding hydrogens is 490 g/mol. The Bertz CT molecular complexity index is 1480. The summed E-state index contributed by atoms with van der Waals surface area (Å²) in [6.45, 7) is 0.597. The summed E-state index contributed by atoms with van der Waals surface area (Å²) in [7, 11) is -3.60. The van der Waals surface area contributed by atoms with Crippen LogP contribution in [0.1, 0.15) is 12.8 Å². The zero-order chi connectivity index (χ0) is 23.4. The molecule has 0 unspecified atom stereocenters. The Balaban J connectivity index is 1.15. The highest BCUT2D eigenvalue weighted by atomic mass is 35.5. The second kappa shape index (κ2) is 8.16. The summed E-state index contributed by atoms with van der Waals surface area (Å²) in [5, 5.41) is 6.45. The molecule has 6 nitrogen and oxygen atoms in total.